The second-order valence-corrected chi connectivity index (χ2v) is 9.21. The second kappa shape index (κ2) is 7.69. The average Bonchev–Trinajstić information content (AvgIpc) is 3.47. The van der Waals surface area contributed by atoms with Gasteiger partial charge in [-0.1, -0.05) is 24.3 Å². The van der Waals surface area contributed by atoms with E-state index < -0.39 is 12.6 Å². The van der Waals surface area contributed by atoms with E-state index in [-0.39, 0.29) is 52.5 Å². The number of imide groups is 1. The zero-order valence-corrected chi connectivity index (χ0v) is 18.2. The molecule has 0 radical (unpaired) electrons. The number of amides is 2. The van der Waals surface area contributed by atoms with E-state index >= 15 is 0 Å². The van der Waals surface area contributed by atoms with Crippen molar-refractivity contribution in [3.8, 4) is 0 Å². The fourth-order valence-corrected chi connectivity index (χ4v) is 5.69. The van der Waals surface area contributed by atoms with Gasteiger partial charge in [0.2, 0.25) is 11.8 Å². The Bertz CT molecular complexity index is 1120. The van der Waals surface area contributed by atoms with Crippen molar-refractivity contribution in [1.82, 2.24) is 0 Å². The number of carbonyl (C=O) groups is 4. The maximum atomic E-state index is 13.2. The first-order valence-electron chi connectivity index (χ1n) is 11.1. The van der Waals surface area contributed by atoms with Crippen LogP contribution in [0.5, 0.6) is 0 Å². The number of hydrogen-bond acceptors (Lipinski definition) is 5. The monoisotopic (exact) mass is 431 g/mol. The van der Waals surface area contributed by atoms with E-state index in [9.17, 15) is 19.2 Å². The maximum Gasteiger partial charge on any atom is 0.340 e. The van der Waals surface area contributed by atoms with E-state index in [0.717, 1.165) is 30.4 Å². The zero-order chi connectivity index (χ0) is 22.6. The predicted molar refractivity (Wildman–Crippen MR) is 117 cm³/mol. The van der Waals surface area contributed by atoms with Crippen LogP contribution in [0.25, 0.3) is 0 Å². The molecule has 0 aromatic heterocycles. The lowest BCUT2D eigenvalue weighted by Crippen LogP contribution is -2.34. The van der Waals surface area contributed by atoms with Crippen LogP contribution >= 0.6 is 0 Å². The molecule has 6 nitrogen and oxygen atoms in total. The molecule has 0 N–H and O–H groups in total. The molecule has 2 aromatic carbocycles. The Labute approximate surface area is 186 Å². The van der Waals surface area contributed by atoms with Gasteiger partial charge in [-0.2, -0.15) is 0 Å². The standard InChI is InChI=1S/C26H25NO5/c1-14-7-8-16(11-15(14)2)21(28)13-32-26(31)19-5-3-4-6-20(19)27-24(29)22-17-9-10-18(12-17)23(22)25(27)30/h3-8,11,17-18,22-23H,9-10,12-13H2,1-2H3/t17-,18-,22+,23+/m0/s1. The third kappa shape index (κ3) is 3.17. The number of rotatable bonds is 5. The van der Waals surface area contributed by atoms with Crippen LogP contribution in [0, 0.1) is 37.5 Å². The molecule has 2 aliphatic carbocycles. The molecule has 2 aromatic rings. The molecule has 32 heavy (non-hydrogen) atoms. The Morgan fingerprint density at radius 1 is 0.938 bits per heavy atom. The highest BCUT2D eigenvalue weighted by molar-refractivity contribution is 6.24. The van der Waals surface area contributed by atoms with Crippen LogP contribution in [0.2, 0.25) is 0 Å². The molecular weight excluding hydrogens is 406 g/mol. The number of ether oxygens (including phenoxy) is 1. The van der Waals surface area contributed by atoms with Gasteiger partial charge in [-0.15, -0.1) is 0 Å². The minimum atomic E-state index is -0.724. The zero-order valence-electron chi connectivity index (χ0n) is 18.2. The van der Waals surface area contributed by atoms with Crippen molar-refractivity contribution in [1.29, 1.82) is 0 Å². The highest BCUT2D eigenvalue weighted by atomic mass is 16.5. The summed E-state index contributed by atoms with van der Waals surface area (Å²) >= 11 is 0. The van der Waals surface area contributed by atoms with Crippen molar-refractivity contribution < 1.29 is 23.9 Å². The highest BCUT2D eigenvalue weighted by Gasteiger charge is 2.61. The van der Waals surface area contributed by atoms with Gasteiger partial charge in [-0.3, -0.25) is 14.4 Å². The first kappa shape index (κ1) is 20.6. The summed E-state index contributed by atoms with van der Waals surface area (Å²) in [6.45, 7) is 3.47. The molecule has 164 valence electrons. The molecule has 6 heteroatoms. The van der Waals surface area contributed by atoms with Gasteiger partial charge in [0.05, 0.1) is 23.1 Å². The minimum absolute atomic E-state index is 0.120. The van der Waals surface area contributed by atoms with Crippen molar-refractivity contribution in [2.24, 2.45) is 23.7 Å². The minimum Gasteiger partial charge on any atom is -0.454 e. The number of nitrogens with zero attached hydrogens (tertiary/aromatic N) is 1. The number of aryl methyl sites for hydroxylation is 2. The number of para-hydroxylation sites is 1. The summed E-state index contributed by atoms with van der Waals surface area (Å²) in [6, 6.07) is 11.8. The molecule has 4 atom stereocenters. The topological polar surface area (TPSA) is 80.8 Å². The van der Waals surface area contributed by atoms with E-state index in [1.54, 1.807) is 30.3 Å². The Kier molecular flexibility index (Phi) is 4.96. The number of anilines is 1. The Hall–Kier alpha value is -3.28. The lowest BCUT2D eigenvalue weighted by molar-refractivity contribution is -0.123. The molecule has 3 aliphatic rings. The summed E-state index contributed by atoms with van der Waals surface area (Å²) in [5, 5.41) is 0. The number of fused-ring (bicyclic) bond motifs is 5. The lowest BCUT2D eigenvalue weighted by atomic mass is 9.81. The highest BCUT2D eigenvalue weighted by Crippen LogP contribution is 2.56. The van der Waals surface area contributed by atoms with Crippen LogP contribution in [0.3, 0.4) is 0 Å². The van der Waals surface area contributed by atoms with Gasteiger partial charge in [0.25, 0.3) is 0 Å². The van der Waals surface area contributed by atoms with Gasteiger partial charge in [-0.05, 0) is 74.3 Å². The Balaban J connectivity index is 1.35. The number of ketones is 1. The normalized spacial score (nSPS) is 25.9. The third-order valence-electron chi connectivity index (χ3n) is 7.46. The van der Waals surface area contributed by atoms with Crippen LogP contribution in [-0.2, 0) is 14.3 Å². The molecule has 1 heterocycles. The molecule has 1 aliphatic heterocycles. The van der Waals surface area contributed by atoms with Crippen molar-refractivity contribution >= 4 is 29.3 Å². The Morgan fingerprint density at radius 2 is 1.59 bits per heavy atom. The van der Waals surface area contributed by atoms with Gasteiger partial charge in [0.15, 0.2) is 12.4 Å². The van der Waals surface area contributed by atoms with Crippen LogP contribution < -0.4 is 4.90 Å². The van der Waals surface area contributed by atoms with E-state index in [0.29, 0.717) is 5.56 Å². The predicted octanol–water partition coefficient (Wildman–Crippen LogP) is 3.88. The molecule has 1 saturated heterocycles. The van der Waals surface area contributed by atoms with Gasteiger partial charge in [0, 0.05) is 5.56 Å². The summed E-state index contributed by atoms with van der Waals surface area (Å²) in [6.07, 6.45) is 2.93. The molecule has 2 amide bonds. The van der Waals surface area contributed by atoms with E-state index in [1.807, 2.05) is 19.9 Å². The van der Waals surface area contributed by atoms with Crippen LogP contribution in [0.4, 0.5) is 5.69 Å². The van der Waals surface area contributed by atoms with Crippen molar-refractivity contribution in [3.05, 3.63) is 64.7 Å². The summed E-state index contributed by atoms with van der Waals surface area (Å²) in [5.41, 5.74) is 2.90. The van der Waals surface area contributed by atoms with Gasteiger partial charge < -0.3 is 4.74 Å². The summed E-state index contributed by atoms with van der Waals surface area (Å²) < 4.78 is 5.30. The number of benzene rings is 2. The van der Waals surface area contributed by atoms with Crippen LogP contribution in [0.1, 0.15) is 51.1 Å². The molecule has 0 unspecified atom stereocenters. The van der Waals surface area contributed by atoms with E-state index in [4.69, 9.17) is 4.74 Å². The number of esters is 1. The molecule has 5 rings (SSSR count). The van der Waals surface area contributed by atoms with Crippen LogP contribution in [-0.4, -0.2) is 30.2 Å². The smallest absolute Gasteiger partial charge is 0.340 e. The summed E-state index contributed by atoms with van der Waals surface area (Å²) in [5.74, 6) is -1.45. The van der Waals surface area contributed by atoms with Crippen molar-refractivity contribution in [2.45, 2.75) is 33.1 Å². The average molecular weight is 431 g/mol. The largest absolute Gasteiger partial charge is 0.454 e. The maximum absolute atomic E-state index is 13.2. The van der Waals surface area contributed by atoms with E-state index in [1.165, 1.54) is 11.0 Å². The third-order valence-corrected chi connectivity index (χ3v) is 7.46. The van der Waals surface area contributed by atoms with Crippen molar-refractivity contribution in [2.75, 3.05) is 11.5 Å². The van der Waals surface area contributed by atoms with E-state index in [2.05, 4.69) is 0 Å². The fourth-order valence-electron chi connectivity index (χ4n) is 5.69. The number of Topliss-reactive ketones (excluding diaryl/α,β-unsaturated/α-hetero) is 1. The number of carbonyl (C=O) groups excluding carboxylic acids is 4. The first-order chi connectivity index (χ1) is 15.4. The van der Waals surface area contributed by atoms with Gasteiger partial charge >= 0.3 is 5.97 Å². The molecule has 2 saturated carbocycles. The quantitative estimate of drug-likeness (QED) is 0.408. The van der Waals surface area contributed by atoms with Gasteiger partial charge in [-0.25, -0.2) is 9.69 Å². The van der Waals surface area contributed by atoms with Crippen LogP contribution in [0.15, 0.2) is 42.5 Å². The summed E-state index contributed by atoms with van der Waals surface area (Å²) in [4.78, 5) is 52.9. The molecule has 3 fully saturated rings. The second-order valence-electron chi connectivity index (χ2n) is 9.21. The van der Waals surface area contributed by atoms with Crippen molar-refractivity contribution in [3.63, 3.8) is 0 Å². The fraction of sp³-hybridized carbons (Fsp3) is 0.385. The lowest BCUT2D eigenvalue weighted by Gasteiger charge is -2.19. The molecule has 2 bridgehead atoms. The molecule has 0 spiro atoms. The number of hydrogen-bond donors (Lipinski definition) is 0. The SMILES string of the molecule is Cc1ccc(C(=O)COC(=O)c2ccccc2N2C(=O)[C@@H]3[C@H]4CC[C@@H](C4)[C@H]3C2=O)cc1C. The summed E-state index contributed by atoms with van der Waals surface area (Å²) in [7, 11) is 0. The van der Waals surface area contributed by atoms with Gasteiger partial charge in [0.1, 0.15) is 0 Å². The Morgan fingerprint density at radius 3 is 2.25 bits per heavy atom. The first-order valence-corrected chi connectivity index (χ1v) is 11.1. The molecular formula is C26H25NO5.